The summed E-state index contributed by atoms with van der Waals surface area (Å²) in [6, 6.07) is 15.2. The van der Waals surface area contributed by atoms with Crippen molar-refractivity contribution in [3.05, 3.63) is 54.1 Å². The van der Waals surface area contributed by atoms with Gasteiger partial charge in [-0.15, -0.1) is 0 Å². The first-order valence-electron chi connectivity index (χ1n) is 8.25. The molecule has 9 nitrogen and oxygen atoms in total. The zero-order valence-corrected chi connectivity index (χ0v) is 14.5. The molecule has 0 saturated heterocycles. The van der Waals surface area contributed by atoms with E-state index in [1.807, 2.05) is 48.5 Å². The molecular weight excluding hydrogens is 346 g/mol. The summed E-state index contributed by atoms with van der Waals surface area (Å²) < 4.78 is 10.6. The predicted molar refractivity (Wildman–Crippen MR) is 103 cm³/mol. The van der Waals surface area contributed by atoms with Gasteiger partial charge in [0.25, 0.3) is 0 Å². The van der Waals surface area contributed by atoms with Gasteiger partial charge >= 0.3 is 0 Å². The molecule has 3 aromatic rings. The first kappa shape index (κ1) is 16.6. The Bertz CT molecular complexity index is 963. The number of aromatic nitrogens is 3. The molecular formula is C18H17N7O2. The van der Waals surface area contributed by atoms with E-state index in [1.165, 1.54) is 0 Å². The maximum absolute atomic E-state index is 5.35. The molecule has 3 N–H and O–H groups in total. The Hall–Kier alpha value is -3.88. The van der Waals surface area contributed by atoms with Gasteiger partial charge in [0.1, 0.15) is 0 Å². The quantitative estimate of drug-likeness (QED) is 0.453. The van der Waals surface area contributed by atoms with E-state index in [9.17, 15) is 0 Å². The van der Waals surface area contributed by atoms with Gasteiger partial charge in [-0.2, -0.15) is 20.1 Å². The number of hydrogen-bond acceptors (Lipinski definition) is 9. The molecule has 0 spiro atoms. The normalized spacial score (nSPS) is 12.2. The van der Waals surface area contributed by atoms with Gasteiger partial charge < -0.3 is 20.1 Å². The van der Waals surface area contributed by atoms with E-state index in [4.69, 9.17) is 9.47 Å². The molecule has 1 aromatic heterocycles. The Morgan fingerprint density at radius 3 is 2.56 bits per heavy atom. The lowest BCUT2D eigenvalue weighted by atomic mass is 10.2. The molecule has 0 amide bonds. The summed E-state index contributed by atoms with van der Waals surface area (Å²) in [4.78, 5) is 12.8. The number of ether oxygens (including phenoxy) is 2. The van der Waals surface area contributed by atoms with Gasteiger partial charge in [-0.3, -0.25) is 0 Å². The van der Waals surface area contributed by atoms with Gasteiger partial charge in [-0.25, -0.2) is 5.43 Å². The predicted octanol–water partition coefficient (Wildman–Crippen LogP) is 2.83. The fourth-order valence-electron chi connectivity index (χ4n) is 2.40. The van der Waals surface area contributed by atoms with Crippen LogP contribution in [0.1, 0.15) is 5.56 Å². The van der Waals surface area contributed by atoms with Gasteiger partial charge in [0, 0.05) is 12.7 Å². The standard InChI is InChI=1S/C18H17N7O2/c1-19-16-22-17(21-13-5-3-2-4-6-13)24-18(23-16)25-20-10-12-7-8-14-15(9-12)27-11-26-14/h2-10H,11H2,1H3,(H3,19,21,22,23,24,25)/b20-10+. The van der Waals surface area contributed by atoms with Crippen LogP contribution in [0.4, 0.5) is 23.5 Å². The van der Waals surface area contributed by atoms with E-state index in [0.29, 0.717) is 23.6 Å². The molecule has 136 valence electrons. The van der Waals surface area contributed by atoms with Crippen LogP contribution in [0, 0.1) is 0 Å². The monoisotopic (exact) mass is 363 g/mol. The summed E-state index contributed by atoms with van der Waals surface area (Å²) >= 11 is 0. The molecule has 0 bridgehead atoms. The van der Waals surface area contributed by atoms with Crippen LogP contribution in [0.25, 0.3) is 0 Å². The van der Waals surface area contributed by atoms with Gasteiger partial charge in [0.05, 0.1) is 6.21 Å². The molecule has 1 aliphatic rings. The highest BCUT2D eigenvalue weighted by atomic mass is 16.7. The van der Waals surface area contributed by atoms with E-state index in [1.54, 1.807) is 13.3 Å². The maximum Gasteiger partial charge on any atom is 0.250 e. The minimum atomic E-state index is 0.239. The van der Waals surface area contributed by atoms with Crippen molar-refractivity contribution in [3.63, 3.8) is 0 Å². The minimum absolute atomic E-state index is 0.239. The third-order valence-electron chi connectivity index (χ3n) is 3.66. The average molecular weight is 363 g/mol. The van der Waals surface area contributed by atoms with Crippen molar-refractivity contribution in [2.45, 2.75) is 0 Å². The highest BCUT2D eigenvalue weighted by molar-refractivity contribution is 5.81. The Kier molecular flexibility index (Phi) is 4.64. The van der Waals surface area contributed by atoms with Crippen molar-refractivity contribution < 1.29 is 9.47 Å². The van der Waals surface area contributed by atoms with Crippen molar-refractivity contribution in [1.82, 2.24) is 15.0 Å². The third-order valence-corrected chi connectivity index (χ3v) is 3.66. The molecule has 0 atom stereocenters. The molecule has 1 aliphatic heterocycles. The van der Waals surface area contributed by atoms with E-state index in [0.717, 1.165) is 17.0 Å². The fraction of sp³-hybridized carbons (Fsp3) is 0.111. The van der Waals surface area contributed by atoms with Crippen molar-refractivity contribution in [2.24, 2.45) is 5.10 Å². The van der Waals surface area contributed by atoms with Crippen LogP contribution in [-0.4, -0.2) is 35.0 Å². The molecule has 9 heteroatoms. The first-order chi connectivity index (χ1) is 13.3. The second-order valence-electron chi connectivity index (χ2n) is 5.53. The molecule has 2 aromatic carbocycles. The molecule has 27 heavy (non-hydrogen) atoms. The zero-order valence-electron chi connectivity index (χ0n) is 14.5. The van der Waals surface area contributed by atoms with Gasteiger partial charge in [0.15, 0.2) is 11.5 Å². The van der Waals surface area contributed by atoms with E-state index >= 15 is 0 Å². The van der Waals surface area contributed by atoms with Crippen LogP contribution >= 0.6 is 0 Å². The SMILES string of the molecule is CNc1nc(N/N=C/c2ccc3c(c2)OCO3)nc(Nc2ccccc2)n1. The van der Waals surface area contributed by atoms with Crippen LogP contribution in [0.5, 0.6) is 11.5 Å². The average Bonchev–Trinajstić information content (AvgIpc) is 3.16. The second kappa shape index (κ2) is 7.56. The molecule has 0 radical (unpaired) electrons. The van der Waals surface area contributed by atoms with Crippen LogP contribution < -0.4 is 25.5 Å². The fourth-order valence-corrected chi connectivity index (χ4v) is 2.40. The van der Waals surface area contributed by atoms with E-state index in [2.05, 4.69) is 36.1 Å². The summed E-state index contributed by atoms with van der Waals surface area (Å²) in [6.07, 6.45) is 1.65. The summed E-state index contributed by atoms with van der Waals surface area (Å²) in [5, 5.41) is 10.2. The number of rotatable bonds is 6. The van der Waals surface area contributed by atoms with Crippen molar-refractivity contribution >= 4 is 29.7 Å². The Balaban J connectivity index is 1.48. The minimum Gasteiger partial charge on any atom is -0.454 e. The largest absolute Gasteiger partial charge is 0.454 e. The lowest BCUT2D eigenvalue weighted by molar-refractivity contribution is 0.174. The highest BCUT2D eigenvalue weighted by Crippen LogP contribution is 2.32. The second-order valence-corrected chi connectivity index (χ2v) is 5.53. The number of nitrogens with one attached hydrogen (secondary N) is 3. The van der Waals surface area contributed by atoms with Crippen LogP contribution in [0.3, 0.4) is 0 Å². The lowest BCUT2D eigenvalue weighted by Crippen LogP contribution is -2.07. The van der Waals surface area contributed by atoms with Gasteiger partial charge in [-0.1, -0.05) is 18.2 Å². The maximum atomic E-state index is 5.35. The number of anilines is 4. The highest BCUT2D eigenvalue weighted by Gasteiger charge is 2.12. The summed E-state index contributed by atoms with van der Waals surface area (Å²) in [5.74, 6) is 2.56. The number of benzene rings is 2. The number of fused-ring (bicyclic) bond motifs is 1. The number of hydrazone groups is 1. The van der Waals surface area contributed by atoms with Crippen LogP contribution in [-0.2, 0) is 0 Å². The molecule has 2 heterocycles. The van der Waals surface area contributed by atoms with Crippen LogP contribution in [0.2, 0.25) is 0 Å². The molecule has 0 fully saturated rings. The molecule has 0 saturated carbocycles. The number of para-hydroxylation sites is 1. The van der Waals surface area contributed by atoms with Crippen molar-refractivity contribution in [1.29, 1.82) is 0 Å². The Labute approximate surface area is 155 Å². The Morgan fingerprint density at radius 2 is 1.70 bits per heavy atom. The van der Waals surface area contributed by atoms with Gasteiger partial charge in [-0.05, 0) is 35.9 Å². The molecule has 4 rings (SSSR count). The molecule has 0 aliphatic carbocycles. The summed E-state index contributed by atoms with van der Waals surface area (Å²) in [5.41, 5.74) is 4.55. The van der Waals surface area contributed by atoms with Crippen LogP contribution in [0.15, 0.2) is 53.6 Å². The third kappa shape index (κ3) is 4.03. The van der Waals surface area contributed by atoms with E-state index in [-0.39, 0.29) is 6.79 Å². The zero-order chi connectivity index (χ0) is 18.5. The topological polar surface area (TPSA) is 106 Å². The molecule has 0 unspecified atom stereocenters. The number of hydrogen-bond donors (Lipinski definition) is 3. The van der Waals surface area contributed by atoms with Gasteiger partial charge in [0.2, 0.25) is 24.6 Å². The van der Waals surface area contributed by atoms with Crippen molar-refractivity contribution in [3.8, 4) is 11.5 Å². The smallest absolute Gasteiger partial charge is 0.250 e. The lowest BCUT2D eigenvalue weighted by Gasteiger charge is -2.08. The number of nitrogens with zero attached hydrogens (tertiary/aromatic N) is 4. The van der Waals surface area contributed by atoms with E-state index < -0.39 is 0 Å². The Morgan fingerprint density at radius 1 is 0.926 bits per heavy atom. The van der Waals surface area contributed by atoms with Crippen molar-refractivity contribution in [2.75, 3.05) is 29.9 Å². The first-order valence-corrected chi connectivity index (χ1v) is 8.25. The summed E-state index contributed by atoms with van der Waals surface area (Å²) in [6.45, 7) is 0.239. The summed E-state index contributed by atoms with van der Waals surface area (Å²) in [7, 11) is 1.74.